The van der Waals surface area contributed by atoms with Gasteiger partial charge in [0, 0.05) is 12.6 Å². The number of hydrogen-bond donors (Lipinski definition) is 1. The number of aliphatic hydroxyl groups is 1. The number of halogens is 1. The molecule has 2 rings (SSSR count). The Morgan fingerprint density at radius 3 is 2.50 bits per heavy atom. The summed E-state index contributed by atoms with van der Waals surface area (Å²) in [5, 5.41) is 8.87. The average molecular weight is 298 g/mol. The smallest absolute Gasteiger partial charge is 0.345 e. The Morgan fingerprint density at radius 1 is 1.35 bits per heavy atom. The summed E-state index contributed by atoms with van der Waals surface area (Å²) in [6.45, 7) is -0.817. The van der Waals surface area contributed by atoms with Crippen molar-refractivity contribution in [2.45, 2.75) is 0 Å². The van der Waals surface area contributed by atoms with Crippen molar-refractivity contribution in [3.63, 3.8) is 0 Å². The molecule has 1 N–H and O–H groups in total. The first-order valence-electron chi connectivity index (χ1n) is 5.55. The van der Waals surface area contributed by atoms with Crippen molar-refractivity contribution >= 4 is 21.7 Å². The van der Waals surface area contributed by atoms with Crippen LogP contribution in [-0.2, 0) is 15.0 Å². The van der Waals surface area contributed by atoms with Crippen molar-refractivity contribution in [1.82, 2.24) is 4.31 Å². The highest BCUT2D eigenvalue weighted by Crippen LogP contribution is 2.20. The van der Waals surface area contributed by atoms with E-state index in [1.165, 1.54) is 25.3 Å². The van der Waals surface area contributed by atoms with Gasteiger partial charge in [0.2, 0.25) is 5.78 Å². The predicted octanol–water partition coefficient (Wildman–Crippen LogP) is 0.250. The van der Waals surface area contributed by atoms with E-state index >= 15 is 0 Å². The molecule has 1 aliphatic heterocycles. The summed E-state index contributed by atoms with van der Waals surface area (Å²) in [6.07, 6.45) is 1.24. The van der Waals surface area contributed by atoms with Gasteiger partial charge in [-0.25, -0.2) is 4.39 Å². The molecule has 106 valence electrons. The van der Waals surface area contributed by atoms with Gasteiger partial charge in [0.15, 0.2) is 0 Å². The largest absolute Gasteiger partial charge is 0.388 e. The van der Waals surface area contributed by atoms with Gasteiger partial charge in [0.1, 0.15) is 18.1 Å². The molecule has 0 fully saturated rings. The minimum absolute atomic E-state index is 0.0138. The molecule has 0 spiro atoms. The van der Waals surface area contributed by atoms with Crippen LogP contribution in [0.3, 0.4) is 0 Å². The molecular formula is C12H11FN2O4S. The maximum Gasteiger partial charge on any atom is 0.345 e. The fourth-order valence-corrected chi connectivity index (χ4v) is 2.58. The fourth-order valence-electron chi connectivity index (χ4n) is 1.65. The maximum atomic E-state index is 12.9. The Kier molecular flexibility index (Phi) is 3.69. The zero-order valence-corrected chi connectivity index (χ0v) is 11.3. The van der Waals surface area contributed by atoms with Crippen molar-refractivity contribution < 1.29 is 22.7 Å². The molecule has 0 amide bonds. The number of aliphatic hydroxyl groups excluding tert-OH is 1. The highest BCUT2D eigenvalue weighted by atomic mass is 32.2. The minimum Gasteiger partial charge on any atom is -0.388 e. The van der Waals surface area contributed by atoms with Crippen LogP contribution >= 0.6 is 0 Å². The molecule has 1 heterocycles. The minimum atomic E-state index is -4.05. The quantitative estimate of drug-likeness (QED) is 0.866. The van der Waals surface area contributed by atoms with Gasteiger partial charge in [0.05, 0.1) is 5.71 Å². The van der Waals surface area contributed by atoms with Crippen LogP contribution in [0.15, 0.2) is 40.4 Å². The number of rotatable bonds is 3. The molecule has 1 aromatic rings. The van der Waals surface area contributed by atoms with Crippen molar-refractivity contribution in [2.24, 2.45) is 4.40 Å². The number of hydrogen-bond acceptors (Lipinski definition) is 4. The van der Waals surface area contributed by atoms with Gasteiger partial charge in [0.25, 0.3) is 0 Å². The molecule has 0 saturated carbocycles. The highest BCUT2D eigenvalue weighted by Gasteiger charge is 2.29. The monoisotopic (exact) mass is 298 g/mol. The van der Waals surface area contributed by atoms with E-state index in [2.05, 4.69) is 4.40 Å². The summed E-state index contributed by atoms with van der Waals surface area (Å²) in [5.41, 5.74) is 0.174. The third-order valence-corrected chi connectivity index (χ3v) is 4.06. The lowest BCUT2D eigenvalue weighted by atomic mass is 10.1. The maximum absolute atomic E-state index is 12.9. The second-order valence-corrected chi connectivity index (χ2v) is 5.67. The number of benzene rings is 1. The number of likely N-dealkylation sites (N-methyl/N-ethyl adjacent to an activating group) is 1. The Balaban J connectivity index is 2.55. The van der Waals surface area contributed by atoms with Gasteiger partial charge < -0.3 is 5.11 Å². The van der Waals surface area contributed by atoms with Gasteiger partial charge in [-0.05, 0) is 30.3 Å². The van der Waals surface area contributed by atoms with Crippen LogP contribution < -0.4 is 0 Å². The summed E-state index contributed by atoms with van der Waals surface area (Å²) in [6, 6.07) is 5.02. The first kappa shape index (κ1) is 14.4. The van der Waals surface area contributed by atoms with E-state index in [1.54, 1.807) is 0 Å². The van der Waals surface area contributed by atoms with E-state index < -0.39 is 28.4 Å². The van der Waals surface area contributed by atoms with Crippen LogP contribution in [0.5, 0.6) is 0 Å². The van der Waals surface area contributed by atoms with Gasteiger partial charge in [-0.3, -0.25) is 9.10 Å². The number of allylic oxidation sites excluding steroid dienone is 1. The fraction of sp³-hybridized carbons (Fsp3) is 0.167. The third kappa shape index (κ3) is 2.61. The number of Topliss-reactive ketones (excluding diaryl/α,β-unsaturated/α-hetero) is 1. The van der Waals surface area contributed by atoms with Crippen LogP contribution in [0.25, 0.3) is 0 Å². The van der Waals surface area contributed by atoms with Crippen molar-refractivity contribution in [1.29, 1.82) is 0 Å². The van der Waals surface area contributed by atoms with Crippen LogP contribution in [0.4, 0.5) is 4.39 Å². The molecule has 0 aromatic heterocycles. The molecule has 1 aromatic carbocycles. The molecule has 0 atom stereocenters. The first-order chi connectivity index (χ1) is 9.35. The third-order valence-electron chi connectivity index (χ3n) is 2.74. The van der Waals surface area contributed by atoms with Gasteiger partial charge in [-0.2, -0.15) is 8.42 Å². The topological polar surface area (TPSA) is 87.0 Å². The molecule has 6 nitrogen and oxygen atoms in total. The van der Waals surface area contributed by atoms with Crippen molar-refractivity contribution in [2.75, 3.05) is 13.7 Å². The van der Waals surface area contributed by atoms with E-state index in [1.807, 2.05) is 0 Å². The Labute approximate surface area is 115 Å². The Hall–Kier alpha value is -2.06. The average Bonchev–Trinajstić information content (AvgIpc) is 2.41. The number of carbonyl (C=O) groups is 1. The lowest BCUT2D eigenvalue weighted by Crippen LogP contribution is -2.34. The summed E-state index contributed by atoms with van der Waals surface area (Å²) in [5.74, 6) is -1.22. The van der Waals surface area contributed by atoms with Crippen molar-refractivity contribution in [3.8, 4) is 0 Å². The molecule has 20 heavy (non-hydrogen) atoms. The Bertz CT molecular complexity index is 707. The lowest BCUT2D eigenvalue weighted by molar-refractivity contribution is -0.119. The molecule has 1 aliphatic rings. The lowest BCUT2D eigenvalue weighted by Gasteiger charge is -2.22. The highest BCUT2D eigenvalue weighted by molar-refractivity contribution is 7.88. The van der Waals surface area contributed by atoms with E-state index in [0.717, 1.165) is 12.1 Å². The predicted molar refractivity (Wildman–Crippen MR) is 69.8 cm³/mol. The zero-order valence-electron chi connectivity index (χ0n) is 10.4. The second-order valence-electron chi connectivity index (χ2n) is 4.04. The molecular weight excluding hydrogens is 287 g/mol. The normalized spacial score (nSPS) is 17.4. The first-order valence-corrected chi connectivity index (χ1v) is 6.95. The summed E-state index contributed by atoms with van der Waals surface area (Å²) >= 11 is 0. The molecule has 0 aliphatic carbocycles. The van der Waals surface area contributed by atoms with Crippen LogP contribution in [-0.4, -0.2) is 43.0 Å². The zero-order chi connectivity index (χ0) is 14.9. The SMILES string of the molecule is CN1C(C(=O)CO)=CC(c2ccc(F)cc2)=NS1(=O)=O. The molecule has 0 bridgehead atoms. The van der Waals surface area contributed by atoms with Gasteiger partial charge >= 0.3 is 10.2 Å². The van der Waals surface area contributed by atoms with Crippen LogP contribution in [0.2, 0.25) is 0 Å². The standard InChI is InChI=1S/C12H11FN2O4S/c1-15-11(12(17)7-16)6-10(14-20(15,18)19)8-2-4-9(13)5-3-8/h2-6,16H,7H2,1H3. The summed E-state index contributed by atoms with van der Waals surface area (Å²) in [4.78, 5) is 11.6. The van der Waals surface area contributed by atoms with Crippen LogP contribution in [0, 0.1) is 5.82 Å². The molecule has 0 unspecified atom stereocenters. The van der Waals surface area contributed by atoms with Crippen molar-refractivity contribution in [3.05, 3.63) is 47.4 Å². The van der Waals surface area contributed by atoms with Gasteiger partial charge in [-0.1, -0.05) is 0 Å². The number of nitrogens with zero attached hydrogens (tertiary/aromatic N) is 2. The molecule has 0 radical (unpaired) electrons. The summed E-state index contributed by atoms with van der Waals surface area (Å²) < 4.78 is 40.8. The van der Waals surface area contributed by atoms with Gasteiger partial charge in [-0.15, -0.1) is 4.40 Å². The van der Waals surface area contributed by atoms with E-state index in [-0.39, 0.29) is 11.4 Å². The number of ketones is 1. The second kappa shape index (κ2) is 5.14. The Morgan fingerprint density at radius 2 is 1.95 bits per heavy atom. The molecule has 8 heteroatoms. The van der Waals surface area contributed by atoms with E-state index in [9.17, 15) is 17.6 Å². The van der Waals surface area contributed by atoms with E-state index in [0.29, 0.717) is 9.87 Å². The van der Waals surface area contributed by atoms with E-state index in [4.69, 9.17) is 5.11 Å². The summed E-state index contributed by atoms with van der Waals surface area (Å²) in [7, 11) is -2.88. The number of carbonyl (C=O) groups excluding carboxylic acids is 1. The molecule has 0 saturated heterocycles. The van der Waals surface area contributed by atoms with Crippen LogP contribution in [0.1, 0.15) is 5.56 Å².